The maximum atomic E-state index is 5.40. The lowest BCUT2D eigenvalue weighted by Crippen LogP contribution is -2.37. The quantitative estimate of drug-likeness (QED) is 0.665. The van der Waals surface area contributed by atoms with E-state index in [-0.39, 0.29) is 0 Å². The van der Waals surface area contributed by atoms with Crippen LogP contribution in [0.15, 0.2) is 43.2 Å². The van der Waals surface area contributed by atoms with Gasteiger partial charge in [0.15, 0.2) is 0 Å². The van der Waals surface area contributed by atoms with E-state index in [0.29, 0.717) is 6.04 Å². The summed E-state index contributed by atoms with van der Waals surface area (Å²) in [5.41, 5.74) is 0.945. The summed E-state index contributed by atoms with van der Waals surface area (Å²) < 4.78 is 7.66. The average Bonchev–Trinajstić information content (AvgIpc) is 3.30. The van der Waals surface area contributed by atoms with Gasteiger partial charge in [-0.3, -0.25) is 0 Å². The number of rotatable bonds is 4. The smallest absolute Gasteiger partial charge is 0.225 e. The van der Waals surface area contributed by atoms with Gasteiger partial charge in [-0.05, 0) is 18.9 Å². The van der Waals surface area contributed by atoms with Crippen molar-refractivity contribution in [2.45, 2.75) is 18.9 Å². The topological polar surface area (TPSA) is 85.1 Å². The third-order valence-corrected chi connectivity index (χ3v) is 5.55. The molecule has 0 radical (unpaired) electrons. The van der Waals surface area contributed by atoms with Gasteiger partial charge in [0, 0.05) is 69.4 Å². The summed E-state index contributed by atoms with van der Waals surface area (Å²) in [6, 6.07) is 2.24. The fourth-order valence-electron chi connectivity index (χ4n) is 3.99. The van der Waals surface area contributed by atoms with Gasteiger partial charge in [0.25, 0.3) is 0 Å². The molecule has 150 valence electrons. The van der Waals surface area contributed by atoms with Gasteiger partial charge in [0.1, 0.15) is 5.82 Å². The van der Waals surface area contributed by atoms with Crippen LogP contribution >= 0.6 is 0 Å². The number of morpholine rings is 1. The summed E-state index contributed by atoms with van der Waals surface area (Å²) in [4.78, 5) is 26.9. The maximum absolute atomic E-state index is 5.40. The number of ether oxygens (including phenoxy) is 1. The molecule has 0 aromatic carbocycles. The van der Waals surface area contributed by atoms with Gasteiger partial charge in [-0.15, -0.1) is 0 Å². The highest BCUT2D eigenvalue weighted by molar-refractivity contribution is 5.54. The second kappa shape index (κ2) is 8.12. The third-order valence-electron chi connectivity index (χ3n) is 5.55. The molecule has 0 aliphatic carbocycles. The average molecular weight is 392 g/mol. The predicted molar refractivity (Wildman–Crippen MR) is 109 cm³/mol. The first-order chi connectivity index (χ1) is 14.4. The first-order valence-corrected chi connectivity index (χ1v) is 10.1. The number of imidazole rings is 1. The normalized spacial score (nSPS) is 18.2. The van der Waals surface area contributed by atoms with E-state index in [1.54, 1.807) is 12.4 Å². The van der Waals surface area contributed by atoms with Crippen LogP contribution in [0, 0.1) is 0 Å². The number of piperidine rings is 1. The van der Waals surface area contributed by atoms with E-state index in [9.17, 15) is 0 Å². The van der Waals surface area contributed by atoms with Crippen LogP contribution in [0.3, 0.4) is 0 Å². The number of aromatic nitrogens is 6. The fraction of sp³-hybridized carbons (Fsp3) is 0.450. The van der Waals surface area contributed by atoms with E-state index in [1.807, 2.05) is 24.7 Å². The van der Waals surface area contributed by atoms with Crippen LogP contribution in [0.25, 0.3) is 11.4 Å². The predicted octanol–water partition coefficient (Wildman–Crippen LogP) is 1.81. The summed E-state index contributed by atoms with van der Waals surface area (Å²) in [5, 5.41) is 0. The van der Waals surface area contributed by atoms with Gasteiger partial charge in [0.05, 0.1) is 18.8 Å². The Morgan fingerprint density at radius 2 is 1.41 bits per heavy atom. The van der Waals surface area contributed by atoms with E-state index >= 15 is 0 Å². The lowest BCUT2D eigenvalue weighted by molar-refractivity contribution is 0.122. The second-order valence-corrected chi connectivity index (χ2v) is 7.30. The Kier molecular flexibility index (Phi) is 5.04. The van der Waals surface area contributed by atoms with E-state index in [0.717, 1.165) is 75.5 Å². The van der Waals surface area contributed by atoms with Crippen LogP contribution in [-0.4, -0.2) is 68.9 Å². The summed E-state index contributed by atoms with van der Waals surface area (Å²) in [6.07, 6.45) is 13.3. The zero-order valence-corrected chi connectivity index (χ0v) is 16.3. The van der Waals surface area contributed by atoms with Crippen molar-refractivity contribution in [3.8, 4) is 11.4 Å². The Labute approximate surface area is 169 Å². The lowest BCUT2D eigenvalue weighted by atomic mass is 10.0. The van der Waals surface area contributed by atoms with Crippen LogP contribution in [0.4, 0.5) is 11.9 Å². The molecule has 5 rings (SSSR count). The molecule has 0 atom stereocenters. The molecular formula is C20H24N8O. The SMILES string of the molecule is c1cnc(N2CCC(n3ccnc3-c3cnc(N4CCOCC4)nc3)CC2)nc1. The van der Waals surface area contributed by atoms with Crippen LogP contribution in [0.2, 0.25) is 0 Å². The summed E-state index contributed by atoms with van der Waals surface area (Å²) in [5.74, 6) is 2.49. The number of anilines is 2. The van der Waals surface area contributed by atoms with Gasteiger partial charge >= 0.3 is 0 Å². The van der Waals surface area contributed by atoms with Gasteiger partial charge in [-0.2, -0.15) is 0 Å². The minimum absolute atomic E-state index is 0.395. The minimum Gasteiger partial charge on any atom is -0.378 e. The van der Waals surface area contributed by atoms with Crippen LogP contribution in [0.5, 0.6) is 0 Å². The third kappa shape index (κ3) is 3.77. The zero-order valence-electron chi connectivity index (χ0n) is 16.3. The van der Waals surface area contributed by atoms with Crippen LogP contribution in [-0.2, 0) is 4.74 Å². The highest BCUT2D eigenvalue weighted by atomic mass is 16.5. The van der Waals surface area contributed by atoms with Crippen molar-refractivity contribution < 1.29 is 4.74 Å². The minimum atomic E-state index is 0.395. The standard InChI is InChI=1S/C20H24N8O/c1-4-22-19(23-5-1)26-7-2-17(3-8-26)28-9-6-21-18(28)16-14-24-20(25-15-16)27-10-12-29-13-11-27/h1,4-6,9,14-15,17H,2-3,7-8,10-13H2. The molecule has 9 heteroatoms. The molecule has 0 spiro atoms. The monoisotopic (exact) mass is 392 g/mol. The Hall–Kier alpha value is -3.07. The summed E-state index contributed by atoms with van der Waals surface area (Å²) in [6.45, 7) is 4.97. The molecule has 3 aromatic rings. The molecule has 2 aliphatic heterocycles. The lowest BCUT2D eigenvalue weighted by Gasteiger charge is -2.33. The Bertz CT molecular complexity index is 915. The molecule has 9 nitrogen and oxygen atoms in total. The Morgan fingerprint density at radius 3 is 2.14 bits per heavy atom. The Morgan fingerprint density at radius 1 is 0.759 bits per heavy atom. The van der Waals surface area contributed by atoms with E-state index in [2.05, 4.69) is 45.5 Å². The van der Waals surface area contributed by atoms with E-state index in [1.165, 1.54) is 0 Å². The number of nitrogens with zero attached hydrogens (tertiary/aromatic N) is 8. The molecule has 2 fully saturated rings. The highest BCUT2D eigenvalue weighted by Crippen LogP contribution is 2.29. The van der Waals surface area contributed by atoms with Crippen LogP contribution in [0.1, 0.15) is 18.9 Å². The van der Waals surface area contributed by atoms with Crippen molar-refractivity contribution in [1.82, 2.24) is 29.5 Å². The molecule has 0 unspecified atom stereocenters. The van der Waals surface area contributed by atoms with Crippen molar-refractivity contribution in [3.63, 3.8) is 0 Å². The summed E-state index contributed by atoms with van der Waals surface area (Å²) >= 11 is 0. The molecule has 0 saturated carbocycles. The summed E-state index contributed by atoms with van der Waals surface area (Å²) in [7, 11) is 0. The molecule has 0 N–H and O–H groups in total. The maximum Gasteiger partial charge on any atom is 0.225 e. The highest BCUT2D eigenvalue weighted by Gasteiger charge is 2.24. The molecule has 0 amide bonds. The van der Waals surface area contributed by atoms with Gasteiger partial charge in [0.2, 0.25) is 11.9 Å². The van der Waals surface area contributed by atoms with Gasteiger partial charge < -0.3 is 19.1 Å². The Balaban J connectivity index is 1.29. The zero-order chi connectivity index (χ0) is 19.5. The molecule has 2 saturated heterocycles. The van der Waals surface area contributed by atoms with Crippen molar-refractivity contribution in [2.24, 2.45) is 0 Å². The van der Waals surface area contributed by atoms with Crippen LogP contribution < -0.4 is 9.80 Å². The van der Waals surface area contributed by atoms with Gasteiger partial charge in [-0.1, -0.05) is 0 Å². The van der Waals surface area contributed by atoms with E-state index < -0.39 is 0 Å². The van der Waals surface area contributed by atoms with Crippen molar-refractivity contribution in [3.05, 3.63) is 43.2 Å². The molecule has 29 heavy (non-hydrogen) atoms. The molecule has 3 aromatic heterocycles. The number of hydrogen-bond donors (Lipinski definition) is 0. The molecular weight excluding hydrogens is 368 g/mol. The number of hydrogen-bond acceptors (Lipinski definition) is 8. The van der Waals surface area contributed by atoms with Crippen molar-refractivity contribution in [2.75, 3.05) is 49.2 Å². The second-order valence-electron chi connectivity index (χ2n) is 7.30. The van der Waals surface area contributed by atoms with Crippen molar-refractivity contribution >= 4 is 11.9 Å². The van der Waals surface area contributed by atoms with Gasteiger partial charge in [-0.25, -0.2) is 24.9 Å². The van der Waals surface area contributed by atoms with Crippen molar-refractivity contribution in [1.29, 1.82) is 0 Å². The molecule has 0 bridgehead atoms. The molecule has 5 heterocycles. The molecule has 2 aliphatic rings. The first kappa shape index (κ1) is 18.0. The fourth-order valence-corrected chi connectivity index (χ4v) is 3.99. The van der Waals surface area contributed by atoms with E-state index in [4.69, 9.17) is 4.74 Å². The largest absolute Gasteiger partial charge is 0.378 e. The first-order valence-electron chi connectivity index (χ1n) is 10.1.